The van der Waals surface area contributed by atoms with Gasteiger partial charge in [-0.3, -0.25) is 4.79 Å². The minimum absolute atomic E-state index is 0.110. The molecular formula is C22H27NO3S. The molecule has 1 atom stereocenters. The van der Waals surface area contributed by atoms with Crippen molar-refractivity contribution in [1.82, 2.24) is 4.90 Å². The molecule has 1 aliphatic carbocycles. The molecule has 0 radical (unpaired) electrons. The number of likely N-dealkylation sites (tertiary alicyclic amines) is 1. The summed E-state index contributed by atoms with van der Waals surface area (Å²) in [5, 5.41) is 0. The third kappa shape index (κ3) is 3.57. The summed E-state index contributed by atoms with van der Waals surface area (Å²) in [7, 11) is 3.29. The van der Waals surface area contributed by atoms with Crippen LogP contribution >= 0.6 is 11.3 Å². The van der Waals surface area contributed by atoms with E-state index in [-0.39, 0.29) is 11.9 Å². The lowest BCUT2D eigenvalue weighted by atomic mass is 10.0. The van der Waals surface area contributed by atoms with Crippen LogP contribution in [0.25, 0.3) is 0 Å². The highest BCUT2D eigenvalue weighted by Gasteiger charge is 2.32. The number of aryl methyl sites for hydroxylation is 2. The Bertz CT molecular complexity index is 805. The number of rotatable bonds is 4. The van der Waals surface area contributed by atoms with E-state index in [0.29, 0.717) is 0 Å². The van der Waals surface area contributed by atoms with Crippen molar-refractivity contribution in [2.45, 2.75) is 51.0 Å². The summed E-state index contributed by atoms with van der Waals surface area (Å²) in [6, 6.07) is 8.28. The van der Waals surface area contributed by atoms with Gasteiger partial charge >= 0.3 is 0 Å². The van der Waals surface area contributed by atoms with Gasteiger partial charge < -0.3 is 14.4 Å². The van der Waals surface area contributed by atoms with Crippen LogP contribution in [0.5, 0.6) is 11.5 Å². The first-order chi connectivity index (χ1) is 13.2. The number of carbonyl (C=O) groups excluding carboxylic acids is 1. The van der Waals surface area contributed by atoms with Crippen molar-refractivity contribution in [3.63, 3.8) is 0 Å². The van der Waals surface area contributed by atoms with Gasteiger partial charge in [0.2, 0.25) is 0 Å². The van der Waals surface area contributed by atoms with Crippen molar-refractivity contribution >= 4 is 17.2 Å². The molecule has 0 saturated carbocycles. The first kappa shape index (κ1) is 18.4. The first-order valence-corrected chi connectivity index (χ1v) is 10.7. The fourth-order valence-corrected chi connectivity index (χ4v) is 5.54. The monoisotopic (exact) mass is 385 g/mol. The van der Waals surface area contributed by atoms with Gasteiger partial charge in [-0.1, -0.05) is 12.5 Å². The highest BCUT2D eigenvalue weighted by molar-refractivity contribution is 7.14. The zero-order valence-electron chi connectivity index (χ0n) is 16.1. The Hall–Kier alpha value is -2.01. The van der Waals surface area contributed by atoms with E-state index >= 15 is 0 Å². The summed E-state index contributed by atoms with van der Waals surface area (Å²) in [6.45, 7) is 0.820. The Kier molecular flexibility index (Phi) is 5.39. The molecule has 2 aliphatic rings. The van der Waals surface area contributed by atoms with E-state index in [2.05, 4.69) is 12.1 Å². The number of amides is 1. The van der Waals surface area contributed by atoms with Crippen LogP contribution in [-0.4, -0.2) is 31.6 Å². The standard InChI is InChI=1S/C22H27NO3S/c1-25-18-11-10-15(13-19(18)26-2)17-8-6-12-23(17)22(24)21-14-16-7-4-3-5-9-20(16)27-21/h10-11,13-14,17H,3-9,12H2,1-2H3. The zero-order chi connectivity index (χ0) is 18.8. The summed E-state index contributed by atoms with van der Waals surface area (Å²) in [4.78, 5) is 17.7. The van der Waals surface area contributed by atoms with Gasteiger partial charge in [0.25, 0.3) is 5.91 Å². The number of methoxy groups -OCH3 is 2. The van der Waals surface area contributed by atoms with Crippen LogP contribution in [0.15, 0.2) is 24.3 Å². The minimum Gasteiger partial charge on any atom is -0.493 e. The second-order valence-corrected chi connectivity index (χ2v) is 8.53. The molecule has 1 saturated heterocycles. The molecule has 1 unspecified atom stereocenters. The van der Waals surface area contributed by atoms with Crippen LogP contribution in [0.4, 0.5) is 0 Å². The number of thiophene rings is 1. The minimum atomic E-state index is 0.110. The van der Waals surface area contributed by atoms with Crippen molar-refractivity contribution in [3.8, 4) is 11.5 Å². The summed E-state index contributed by atoms with van der Waals surface area (Å²) in [5.41, 5.74) is 2.53. The molecule has 2 heterocycles. The number of hydrogen-bond donors (Lipinski definition) is 0. The van der Waals surface area contributed by atoms with Crippen molar-refractivity contribution in [2.75, 3.05) is 20.8 Å². The average Bonchev–Trinajstić information content (AvgIpc) is 3.29. The largest absolute Gasteiger partial charge is 0.493 e. The molecule has 4 rings (SSSR count). The molecule has 27 heavy (non-hydrogen) atoms. The molecule has 1 aromatic heterocycles. The van der Waals surface area contributed by atoms with Crippen molar-refractivity contribution in [3.05, 3.63) is 45.1 Å². The van der Waals surface area contributed by atoms with Crippen LogP contribution in [0, 0.1) is 0 Å². The molecule has 4 nitrogen and oxygen atoms in total. The predicted octanol–water partition coefficient (Wildman–Crippen LogP) is 5.01. The molecule has 144 valence electrons. The van der Waals surface area contributed by atoms with Gasteiger partial charge in [-0.2, -0.15) is 0 Å². The van der Waals surface area contributed by atoms with Crippen molar-refractivity contribution < 1.29 is 14.3 Å². The molecule has 1 aromatic carbocycles. The molecule has 5 heteroatoms. The number of hydrogen-bond acceptors (Lipinski definition) is 4. The topological polar surface area (TPSA) is 38.8 Å². The Morgan fingerprint density at radius 1 is 1.04 bits per heavy atom. The van der Waals surface area contributed by atoms with Crippen LogP contribution in [0.1, 0.15) is 63.8 Å². The maximum Gasteiger partial charge on any atom is 0.264 e. The summed E-state index contributed by atoms with van der Waals surface area (Å²) in [5.74, 6) is 1.63. The quantitative estimate of drug-likeness (QED) is 0.694. The lowest BCUT2D eigenvalue weighted by Crippen LogP contribution is -2.30. The Morgan fingerprint density at radius 2 is 1.85 bits per heavy atom. The van der Waals surface area contributed by atoms with E-state index in [9.17, 15) is 4.79 Å². The van der Waals surface area contributed by atoms with E-state index in [4.69, 9.17) is 9.47 Å². The molecule has 1 amide bonds. The fraction of sp³-hybridized carbons (Fsp3) is 0.500. The molecular weight excluding hydrogens is 358 g/mol. The molecule has 0 N–H and O–H groups in total. The van der Waals surface area contributed by atoms with Gasteiger partial charge in [0.1, 0.15) is 0 Å². The maximum absolute atomic E-state index is 13.3. The number of nitrogens with zero attached hydrogens (tertiary/aromatic N) is 1. The third-order valence-electron chi connectivity index (χ3n) is 5.76. The van der Waals surface area contributed by atoms with Gasteiger partial charge in [0, 0.05) is 11.4 Å². The van der Waals surface area contributed by atoms with Gasteiger partial charge in [-0.15, -0.1) is 11.3 Å². The number of fused-ring (bicyclic) bond motifs is 1. The summed E-state index contributed by atoms with van der Waals surface area (Å²) < 4.78 is 10.8. The van der Waals surface area contributed by atoms with E-state index < -0.39 is 0 Å². The third-order valence-corrected chi connectivity index (χ3v) is 6.99. The van der Waals surface area contributed by atoms with E-state index in [0.717, 1.165) is 54.2 Å². The Balaban J connectivity index is 1.59. The first-order valence-electron chi connectivity index (χ1n) is 9.85. The van der Waals surface area contributed by atoms with E-state index in [1.54, 1.807) is 25.6 Å². The second-order valence-electron chi connectivity index (χ2n) is 7.39. The number of carbonyl (C=O) groups is 1. The number of benzene rings is 1. The normalized spacial score (nSPS) is 19.5. The zero-order valence-corrected chi connectivity index (χ0v) is 16.9. The molecule has 1 fully saturated rings. The van der Waals surface area contributed by atoms with E-state index in [1.807, 2.05) is 17.0 Å². The SMILES string of the molecule is COc1ccc(C2CCCN2C(=O)c2cc3c(s2)CCCCC3)cc1OC. The molecule has 2 aromatic rings. The molecule has 0 spiro atoms. The maximum atomic E-state index is 13.3. The van der Waals surface area contributed by atoms with Crippen LogP contribution in [-0.2, 0) is 12.8 Å². The van der Waals surface area contributed by atoms with Crippen LogP contribution < -0.4 is 9.47 Å². The van der Waals surface area contributed by atoms with Gasteiger partial charge in [-0.25, -0.2) is 0 Å². The highest BCUT2D eigenvalue weighted by Crippen LogP contribution is 2.39. The Morgan fingerprint density at radius 3 is 2.67 bits per heavy atom. The Labute approximate surface area is 165 Å². The molecule has 0 bridgehead atoms. The highest BCUT2D eigenvalue weighted by atomic mass is 32.1. The lowest BCUT2D eigenvalue weighted by Gasteiger charge is -2.25. The fourth-order valence-electron chi connectivity index (χ4n) is 4.33. The summed E-state index contributed by atoms with van der Waals surface area (Å²) in [6.07, 6.45) is 8.08. The van der Waals surface area contributed by atoms with E-state index in [1.165, 1.54) is 29.7 Å². The smallest absolute Gasteiger partial charge is 0.264 e. The van der Waals surface area contributed by atoms with Crippen molar-refractivity contribution in [1.29, 1.82) is 0 Å². The predicted molar refractivity (Wildman–Crippen MR) is 108 cm³/mol. The second kappa shape index (κ2) is 7.93. The molecule has 1 aliphatic heterocycles. The summed E-state index contributed by atoms with van der Waals surface area (Å²) >= 11 is 1.72. The lowest BCUT2D eigenvalue weighted by molar-refractivity contribution is 0.0740. The average molecular weight is 386 g/mol. The van der Waals surface area contributed by atoms with Gasteiger partial charge in [-0.05, 0) is 67.9 Å². The van der Waals surface area contributed by atoms with Gasteiger partial charge in [0.05, 0.1) is 25.1 Å². The van der Waals surface area contributed by atoms with Crippen LogP contribution in [0.3, 0.4) is 0 Å². The van der Waals surface area contributed by atoms with Crippen LogP contribution in [0.2, 0.25) is 0 Å². The van der Waals surface area contributed by atoms with Gasteiger partial charge in [0.15, 0.2) is 11.5 Å². The van der Waals surface area contributed by atoms with Crippen molar-refractivity contribution in [2.24, 2.45) is 0 Å². The number of ether oxygens (including phenoxy) is 2.